The molecule has 0 saturated heterocycles. The van der Waals surface area contributed by atoms with Gasteiger partial charge in [0.2, 0.25) is 0 Å². The van der Waals surface area contributed by atoms with Gasteiger partial charge in [0.1, 0.15) is 0 Å². The molecule has 118 valence electrons. The number of nitrogens with one attached hydrogen (secondary N) is 1. The Morgan fingerprint density at radius 1 is 1.19 bits per heavy atom. The maximum absolute atomic E-state index is 12.1. The van der Waals surface area contributed by atoms with E-state index < -0.39 is 0 Å². The molecule has 5 nitrogen and oxygen atoms in total. The van der Waals surface area contributed by atoms with Crippen molar-refractivity contribution in [3.8, 4) is 0 Å². The van der Waals surface area contributed by atoms with Gasteiger partial charge in [-0.2, -0.15) is 0 Å². The highest BCUT2D eigenvalue weighted by atomic mass is 35.5. The van der Waals surface area contributed by atoms with E-state index in [2.05, 4.69) is 10.1 Å². The average molecular weight is 315 g/mol. The summed E-state index contributed by atoms with van der Waals surface area (Å²) in [5.74, 6) is -0.496. The molecule has 0 aromatic heterocycles. The van der Waals surface area contributed by atoms with E-state index in [4.69, 9.17) is 0 Å². The van der Waals surface area contributed by atoms with Gasteiger partial charge in [0.25, 0.3) is 5.91 Å². The number of amides is 1. The Bertz CT molecular complexity index is 458. The Labute approximate surface area is 132 Å². The molecule has 1 atom stereocenters. The van der Waals surface area contributed by atoms with E-state index >= 15 is 0 Å². The standard InChI is InChI=1S/C15H22N2O3.ClH/c1-17(2,3)11-13(10-14(18)20-4)16-15(19)12-8-6-5-7-9-12;/h5-9,13H,10-11H2,1-4H3;1H/t13-;/m0./s1. The number of carbonyl (C=O) groups excluding carboxylic acids is 2. The minimum absolute atomic E-state index is 0. The smallest absolute Gasteiger partial charge is 0.307 e. The number of benzene rings is 1. The summed E-state index contributed by atoms with van der Waals surface area (Å²) >= 11 is 0. The molecule has 0 saturated carbocycles. The summed E-state index contributed by atoms with van der Waals surface area (Å²) < 4.78 is 5.33. The van der Waals surface area contributed by atoms with Gasteiger partial charge in [0, 0.05) is 5.56 Å². The van der Waals surface area contributed by atoms with Crippen LogP contribution in [0, 0.1) is 0 Å². The number of quaternary nitrogens is 1. The first kappa shape index (κ1) is 19.4. The predicted octanol–water partition coefficient (Wildman–Crippen LogP) is -1.94. The molecule has 21 heavy (non-hydrogen) atoms. The lowest BCUT2D eigenvalue weighted by atomic mass is 10.1. The maximum atomic E-state index is 12.1. The second-order valence-corrected chi connectivity index (χ2v) is 5.79. The van der Waals surface area contributed by atoms with Crippen LogP contribution in [0.15, 0.2) is 30.3 Å². The minimum Gasteiger partial charge on any atom is -1.00 e. The third-order valence-electron chi connectivity index (χ3n) is 2.78. The largest absolute Gasteiger partial charge is 1.00 e. The average Bonchev–Trinajstić information content (AvgIpc) is 2.37. The predicted molar refractivity (Wildman–Crippen MR) is 77.2 cm³/mol. The Morgan fingerprint density at radius 3 is 2.24 bits per heavy atom. The van der Waals surface area contributed by atoms with Crippen molar-refractivity contribution in [3.63, 3.8) is 0 Å². The molecule has 0 heterocycles. The number of halogens is 1. The topological polar surface area (TPSA) is 55.4 Å². The number of esters is 1. The highest BCUT2D eigenvalue weighted by molar-refractivity contribution is 5.94. The van der Waals surface area contributed by atoms with Crippen LogP contribution < -0.4 is 17.7 Å². The number of likely N-dealkylation sites (N-methyl/N-ethyl adjacent to an activating group) is 1. The molecule has 1 amide bonds. The Balaban J connectivity index is 0.00000400. The number of hydrogen-bond acceptors (Lipinski definition) is 3. The number of ether oxygens (including phenoxy) is 1. The fraction of sp³-hybridized carbons (Fsp3) is 0.467. The van der Waals surface area contributed by atoms with E-state index in [0.717, 1.165) is 0 Å². The van der Waals surface area contributed by atoms with Crippen molar-refractivity contribution < 1.29 is 31.2 Å². The molecular formula is C15H23ClN2O3. The summed E-state index contributed by atoms with van der Waals surface area (Å²) in [6, 6.07) is 8.71. The van der Waals surface area contributed by atoms with Gasteiger partial charge >= 0.3 is 5.97 Å². The molecule has 6 heteroatoms. The molecule has 0 aliphatic heterocycles. The summed E-state index contributed by atoms with van der Waals surface area (Å²) in [4.78, 5) is 23.6. The van der Waals surface area contributed by atoms with Crippen LogP contribution in [0.5, 0.6) is 0 Å². The first-order valence-corrected chi connectivity index (χ1v) is 6.55. The van der Waals surface area contributed by atoms with E-state index in [9.17, 15) is 9.59 Å². The second kappa shape index (κ2) is 8.64. The fourth-order valence-corrected chi connectivity index (χ4v) is 1.97. The van der Waals surface area contributed by atoms with Gasteiger partial charge in [-0.25, -0.2) is 0 Å². The normalized spacial score (nSPS) is 12.0. The number of rotatable bonds is 6. The molecule has 0 spiro atoms. The second-order valence-electron chi connectivity index (χ2n) is 5.79. The molecule has 0 aliphatic rings. The van der Waals surface area contributed by atoms with E-state index in [-0.39, 0.29) is 36.7 Å². The fourth-order valence-electron chi connectivity index (χ4n) is 1.97. The van der Waals surface area contributed by atoms with Crippen molar-refractivity contribution >= 4 is 11.9 Å². The van der Waals surface area contributed by atoms with E-state index in [0.29, 0.717) is 16.6 Å². The minimum atomic E-state index is -0.322. The van der Waals surface area contributed by atoms with Crippen LogP contribution in [-0.2, 0) is 9.53 Å². The quantitative estimate of drug-likeness (QED) is 0.491. The highest BCUT2D eigenvalue weighted by Gasteiger charge is 2.23. The Kier molecular flexibility index (Phi) is 7.99. The Morgan fingerprint density at radius 2 is 1.76 bits per heavy atom. The van der Waals surface area contributed by atoms with Crippen LogP contribution >= 0.6 is 0 Å². The number of methoxy groups -OCH3 is 1. The first-order valence-electron chi connectivity index (χ1n) is 6.55. The van der Waals surface area contributed by atoms with Gasteiger partial charge in [-0.15, -0.1) is 0 Å². The number of nitrogens with zero attached hydrogens (tertiary/aromatic N) is 1. The SMILES string of the molecule is COC(=O)C[C@@H](C[N+](C)(C)C)NC(=O)c1ccccc1.[Cl-]. The van der Waals surface area contributed by atoms with Gasteiger partial charge in [-0.3, -0.25) is 9.59 Å². The van der Waals surface area contributed by atoms with Crippen molar-refractivity contribution in [1.29, 1.82) is 0 Å². The molecule has 1 aromatic rings. The molecule has 1 rings (SSSR count). The van der Waals surface area contributed by atoms with Crippen molar-refractivity contribution in [3.05, 3.63) is 35.9 Å². The van der Waals surface area contributed by atoms with E-state index in [1.165, 1.54) is 7.11 Å². The van der Waals surface area contributed by atoms with Crippen LogP contribution in [0.4, 0.5) is 0 Å². The zero-order chi connectivity index (χ0) is 15.2. The summed E-state index contributed by atoms with van der Waals surface area (Å²) in [7, 11) is 7.39. The number of carbonyl (C=O) groups is 2. The van der Waals surface area contributed by atoms with Crippen molar-refractivity contribution in [1.82, 2.24) is 5.32 Å². The lowest BCUT2D eigenvalue weighted by Gasteiger charge is -2.29. The van der Waals surface area contributed by atoms with Crippen LogP contribution in [0.2, 0.25) is 0 Å². The zero-order valence-corrected chi connectivity index (χ0v) is 13.7. The highest BCUT2D eigenvalue weighted by Crippen LogP contribution is 2.04. The van der Waals surface area contributed by atoms with Crippen molar-refractivity contribution in [2.75, 3.05) is 34.8 Å². The molecule has 0 bridgehead atoms. The van der Waals surface area contributed by atoms with Crippen LogP contribution in [0.1, 0.15) is 16.8 Å². The van der Waals surface area contributed by atoms with Crippen molar-refractivity contribution in [2.24, 2.45) is 0 Å². The van der Waals surface area contributed by atoms with Crippen molar-refractivity contribution in [2.45, 2.75) is 12.5 Å². The third kappa shape index (κ3) is 7.68. The number of hydrogen-bond donors (Lipinski definition) is 1. The molecule has 0 unspecified atom stereocenters. The summed E-state index contributed by atoms with van der Waals surface area (Å²) in [5, 5.41) is 2.90. The van der Waals surface area contributed by atoms with Crippen LogP contribution in [0.25, 0.3) is 0 Å². The lowest BCUT2D eigenvalue weighted by Crippen LogP contribution is -3.00. The maximum Gasteiger partial charge on any atom is 0.307 e. The first-order chi connectivity index (χ1) is 9.31. The van der Waals surface area contributed by atoms with Gasteiger partial charge in [-0.1, -0.05) is 18.2 Å². The van der Waals surface area contributed by atoms with Gasteiger partial charge in [-0.05, 0) is 12.1 Å². The summed E-state index contributed by atoms with van der Waals surface area (Å²) in [6.45, 7) is 0.647. The summed E-state index contributed by atoms with van der Waals surface area (Å²) in [6.07, 6.45) is 0.171. The van der Waals surface area contributed by atoms with Gasteiger partial charge < -0.3 is 26.9 Å². The molecular weight excluding hydrogens is 292 g/mol. The van der Waals surface area contributed by atoms with Gasteiger partial charge in [0.05, 0.1) is 47.3 Å². The molecule has 0 fully saturated rings. The molecule has 1 N–H and O–H groups in total. The Hall–Kier alpha value is -1.59. The van der Waals surface area contributed by atoms with E-state index in [1.807, 2.05) is 39.3 Å². The van der Waals surface area contributed by atoms with Crippen LogP contribution in [-0.4, -0.2) is 57.2 Å². The zero-order valence-electron chi connectivity index (χ0n) is 12.9. The van der Waals surface area contributed by atoms with Gasteiger partial charge in [0.15, 0.2) is 0 Å². The third-order valence-corrected chi connectivity index (χ3v) is 2.78. The van der Waals surface area contributed by atoms with Crippen LogP contribution in [0.3, 0.4) is 0 Å². The monoisotopic (exact) mass is 314 g/mol. The summed E-state index contributed by atoms with van der Waals surface area (Å²) in [5.41, 5.74) is 0.587. The lowest BCUT2D eigenvalue weighted by molar-refractivity contribution is -0.871. The molecule has 0 radical (unpaired) electrons. The molecule has 0 aliphatic carbocycles. The molecule has 1 aromatic carbocycles. The van der Waals surface area contributed by atoms with E-state index in [1.54, 1.807) is 12.1 Å².